The molecule has 1 aromatic heterocycles. The molecule has 3 aromatic carbocycles. The zero-order valence-electron chi connectivity index (χ0n) is 17.0. The van der Waals surface area contributed by atoms with Crippen LogP contribution >= 0.6 is 0 Å². The lowest BCUT2D eigenvalue weighted by Crippen LogP contribution is -2.36. The summed E-state index contributed by atoms with van der Waals surface area (Å²) >= 11 is 0. The number of carbonyl (C=O) groups is 1. The number of nitrogens with zero attached hydrogens (tertiary/aromatic N) is 3. The van der Waals surface area contributed by atoms with Gasteiger partial charge in [-0.1, -0.05) is 36.4 Å². The Kier molecular flexibility index (Phi) is 5.29. The second kappa shape index (κ2) is 8.53. The fourth-order valence-electron chi connectivity index (χ4n) is 3.69. The van der Waals surface area contributed by atoms with E-state index in [0.717, 1.165) is 46.8 Å². The Morgan fingerprint density at radius 3 is 2.52 bits per heavy atom. The minimum absolute atomic E-state index is 0.136. The van der Waals surface area contributed by atoms with Crippen LogP contribution in [0, 0.1) is 0 Å². The first-order chi connectivity index (χ1) is 15.3. The molecule has 1 amide bonds. The van der Waals surface area contributed by atoms with Crippen molar-refractivity contribution < 1.29 is 9.53 Å². The maximum atomic E-state index is 12.7. The van der Waals surface area contributed by atoms with Crippen LogP contribution in [-0.2, 0) is 4.74 Å². The Hall–Kier alpha value is -3.77. The van der Waals surface area contributed by atoms with Crippen LogP contribution in [0.2, 0.25) is 0 Å². The summed E-state index contributed by atoms with van der Waals surface area (Å²) in [5.41, 5.74) is 5.01. The molecule has 154 valence electrons. The highest BCUT2D eigenvalue weighted by molar-refractivity contribution is 6.05. The molecule has 1 aliphatic heterocycles. The molecule has 1 N–H and O–H groups in total. The molecule has 0 atom stereocenters. The molecule has 0 aliphatic carbocycles. The lowest BCUT2D eigenvalue weighted by molar-refractivity contribution is 0.102. The third kappa shape index (κ3) is 4.25. The Bertz CT molecular complexity index is 1220. The van der Waals surface area contributed by atoms with Gasteiger partial charge in [0.15, 0.2) is 0 Å². The smallest absolute Gasteiger partial charge is 0.255 e. The normalized spacial score (nSPS) is 13.9. The predicted molar refractivity (Wildman–Crippen MR) is 122 cm³/mol. The molecule has 4 aromatic rings. The number of carbonyl (C=O) groups excluding carboxylic acids is 1. The first-order valence-electron chi connectivity index (χ1n) is 10.3. The molecule has 1 fully saturated rings. The van der Waals surface area contributed by atoms with Crippen molar-refractivity contribution >= 4 is 28.4 Å². The molecular formula is C25H22N4O2. The summed E-state index contributed by atoms with van der Waals surface area (Å²) in [6, 6.07) is 23.1. The van der Waals surface area contributed by atoms with Gasteiger partial charge in [0.25, 0.3) is 5.91 Å². The standard InChI is InChI=1S/C25H22N4O2/c30-25(27-21-7-2-1-3-8-21)20-6-4-5-18(15-20)19-9-10-22-23(16-19)28-24(17-26-22)29-11-13-31-14-12-29/h1-10,15-17H,11-14H2,(H,27,30). The van der Waals surface area contributed by atoms with Crippen LogP contribution in [0.15, 0.2) is 79.0 Å². The van der Waals surface area contributed by atoms with Crippen molar-refractivity contribution in [3.63, 3.8) is 0 Å². The van der Waals surface area contributed by atoms with Crippen LogP contribution < -0.4 is 10.2 Å². The second-order valence-electron chi connectivity index (χ2n) is 7.43. The maximum absolute atomic E-state index is 12.7. The number of morpholine rings is 1. The topological polar surface area (TPSA) is 67.4 Å². The number of ether oxygens (including phenoxy) is 1. The van der Waals surface area contributed by atoms with Crippen molar-refractivity contribution in [2.75, 3.05) is 36.5 Å². The van der Waals surface area contributed by atoms with E-state index in [9.17, 15) is 4.79 Å². The number of hydrogen-bond donors (Lipinski definition) is 1. The third-order valence-electron chi connectivity index (χ3n) is 5.35. The summed E-state index contributed by atoms with van der Waals surface area (Å²) in [5, 5.41) is 2.93. The van der Waals surface area contributed by atoms with Crippen molar-refractivity contribution in [2.45, 2.75) is 0 Å². The zero-order chi connectivity index (χ0) is 21.0. The Labute approximate surface area is 180 Å². The van der Waals surface area contributed by atoms with E-state index in [1.807, 2.05) is 79.0 Å². The number of rotatable bonds is 4. The van der Waals surface area contributed by atoms with Gasteiger partial charge in [0.2, 0.25) is 0 Å². The summed E-state index contributed by atoms with van der Waals surface area (Å²) in [7, 11) is 0. The second-order valence-corrected chi connectivity index (χ2v) is 7.43. The lowest BCUT2D eigenvalue weighted by atomic mass is 10.0. The van der Waals surface area contributed by atoms with Gasteiger partial charge in [0.05, 0.1) is 30.4 Å². The van der Waals surface area contributed by atoms with Gasteiger partial charge in [-0.05, 0) is 47.5 Å². The van der Waals surface area contributed by atoms with Crippen molar-refractivity contribution in [2.24, 2.45) is 0 Å². The molecule has 5 rings (SSSR count). The predicted octanol–water partition coefficient (Wildman–Crippen LogP) is 4.39. The minimum Gasteiger partial charge on any atom is -0.378 e. The van der Waals surface area contributed by atoms with Gasteiger partial charge in [0, 0.05) is 24.3 Å². The number of hydrogen-bond acceptors (Lipinski definition) is 5. The number of fused-ring (bicyclic) bond motifs is 1. The Morgan fingerprint density at radius 2 is 1.68 bits per heavy atom. The molecule has 2 heterocycles. The van der Waals surface area contributed by atoms with Crippen LogP contribution in [0.5, 0.6) is 0 Å². The highest BCUT2D eigenvalue weighted by Gasteiger charge is 2.14. The van der Waals surface area contributed by atoms with Crippen LogP contribution in [-0.4, -0.2) is 42.2 Å². The number of anilines is 2. The van der Waals surface area contributed by atoms with Crippen molar-refractivity contribution in [1.82, 2.24) is 9.97 Å². The SMILES string of the molecule is O=C(Nc1ccccc1)c1cccc(-c2ccc3ncc(N4CCOCC4)nc3c2)c1. The third-order valence-corrected chi connectivity index (χ3v) is 5.35. The van der Waals surface area contributed by atoms with Gasteiger partial charge in [-0.15, -0.1) is 0 Å². The summed E-state index contributed by atoms with van der Waals surface area (Å²) < 4.78 is 5.43. The molecule has 0 radical (unpaired) electrons. The van der Waals surface area contributed by atoms with Crippen molar-refractivity contribution in [3.05, 3.63) is 84.6 Å². The van der Waals surface area contributed by atoms with Gasteiger partial charge in [-0.3, -0.25) is 9.78 Å². The van der Waals surface area contributed by atoms with E-state index in [2.05, 4.69) is 15.2 Å². The summed E-state index contributed by atoms with van der Waals surface area (Å²) in [6.07, 6.45) is 1.82. The van der Waals surface area contributed by atoms with E-state index in [0.29, 0.717) is 18.8 Å². The molecular weight excluding hydrogens is 388 g/mol. The van der Waals surface area contributed by atoms with E-state index in [1.54, 1.807) is 0 Å². The fraction of sp³-hybridized carbons (Fsp3) is 0.160. The van der Waals surface area contributed by atoms with Crippen LogP contribution in [0.4, 0.5) is 11.5 Å². The Morgan fingerprint density at radius 1 is 0.871 bits per heavy atom. The quantitative estimate of drug-likeness (QED) is 0.541. The highest BCUT2D eigenvalue weighted by Crippen LogP contribution is 2.25. The van der Waals surface area contributed by atoms with E-state index < -0.39 is 0 Å². The maximum Gasteiger partial charge on any atom is 0.255 e. The molecule has 31 heavy (non-hydrogen) atoms. The molecule has 1 aliphatic rings. The van der Waals surface area contributed by atoms with Gasteiger partial charge < -0.3 is 15.0 Å². The van der Waals surface area contributed by atoms with Crippen LogP contribution in [0.25, 0.3) is 22.2 Å². The molecule has 0 saturated carbocycles. The first kappa shape index (κ1) is 19.2. The van der Waals surface area contributed by atoms with Gasteiger partial charge in [-0.2, -0.15) is 0 Å². The average Bonchev–Trinajstić information content (AvgIpc) is 2.84. The number of para-hydroxylation sites is 1. The zero-order valence-corrected chi connectivity index (χ0v) is 17.0. The number of nitrogens with one attached hydrogen (secondary N) is 1. The number of amides is 1. The average molecular weight is 410 g/mol. The molecule has 6 heteroatoms. The summed E-state index contributed by atoms with van der Waals surface area (Å²) in [5.74, 6) is 0.729. The van der Waals surface area contributed by atoms with E-state index >= 15 is 0 Å². The van der Waals surface area contributed by atoms with Gasteiger partial charge in [0.1, 0.15) is 5.82 Å². The van der Waals surface area contributed by atoms with E-state index in [-0.39, 0.29) is 5.91 Å². The molecule has 6 nitrogen and oxygen atoms in total. The monoisotopic (exact) mass is 410 g/mol. The fourth-order valence-corrected chi connectivity index (χ4v) is 3.69. The molecule has 0 unspecified atom stereocenters. The van der Waals surface area contributed by atoms with Crippen LogP contribution in [0.1, 0.15) is 10.4 Å². The Balaban J connectivity index is 1.43. The van der Waals surface area contributed by atoms with Gasteiger partial charge in [-0.25, -0.2) is 4.98 Å². The molecule has 1 saturated heterocycles. The molecule has 0 spiro atoms. The first-order valence-corrected chi connectivity index (χ1v) is 10.3. The minimum atomic E-state index is -0.136. The lowest BCUT2D eigenvalue weighted by Gasteiger charge is -2.27. The van der Waals surface area contributed by atoms with Crippen LogP contribution in [0.3, 0.4) is 0 Å². The number of aromatic nitrogens is 2. The largest absolute Gasteiger partial charge is 0.378 e. The summed E-state index contributed by atoms with van der Waals surface area (Å²) in [4.78, 5) is 24.3. The van der Waals surface area contributed by atoms with Crippen molar-refractivity contribution in [1.29, 1.82) is 0 Å². The van der Waals surface area contributed by atoms with E-state index in [4.69, 9.17) is 9.72 Å². The van der Waals surface area contributed by atoms with Crippen molar-refractivity contribution in [3.8, 4) is 11.1 Å². The van der Waals surface area contributed by atoms with Gasteiger partial charge >= 0.3 is 0 Å². The van der Waals surface area contributed by atoms with E-state index in [1.165, 1.54) is 0 Å². The number of benzene rings is 3. The summed E-state index contributed by atoms with van der Waals surface area (Å²) in [6.45, 7) is 3.05. The molecule has 0 bridgehead atoms. The highest BCUT2D eigenvalue weighted by atomic mass is 16.5.